The maximum Gasteiger partial charge on any atom is 0.142 e. The highest BCUT2D eigenvalue weighted by Gasteiger charge is 2.27. The van der Waals surface area contributed by atoms with Crippen molar-refractivity contribution in [2.45, 2.75) is 18.9 Å². The first-order valence-electron chi connectivity index (χ1n) is 7.93. The molecule has 0 aliphatic carbocycles. The fourth-order valence-corrected chi connectivity index (χ4v) is 3.49. The molecule has 21 heavy (non-hydrogen) atoms. The highest BCUT2D eigenvalue weighted by Crippen LogP contribution is 2.37. The molecule has 4 nitrogen and oxygen atoms in total. The number of hydrogen-bond donors (Lipinski definition) is 1. The van der Waals surface area contributed by atoms with Crippen LogP contribution in [0.5, 0.6) is 5.75 Å². The van der Waals surface area contributed by atoms with E-state index in [1.807, 2.05) is 0 Å². The maximum absolute atomic E-state index is 5.97. The van der Waals surface area contributed by atoms with Gasteiger partial charge in [0, 0.05) is 32.1 Å². The first kappa shape index (κ1) is 13.2. The smallest absolute Gasteiger partial charge is 0.142 e. The van der Waals surface area contributed by atoms with E-state index in [2.05, 4.69) is 34.5 Å². The summed E-state index contributed by atoms with van der Waals surface area (Å²) in [5.74, 6) is 1.04. The van der Waals surface area contributed by atoms with Gasteiger partial charge < -0.3 is 19.7 Å². The fourth-order valence-electron chi connectivity index (χ4n) is 3.49. The fraction of sp³-hybridized carbons (Fsp3) is 0.529. The molecule has 3 heterocycles. The summed E-state index contributed by atoms with van der Waals surface area (Å²) >= 11 is 0. The number of rotatable bonds is 1. The van der Waals surface area contributed by atoms with Gasteiger partial charge in [0.1, 0.15) is 5.75 Å². The van der Waals surface area contributed by atoms with Crippen LogP contribution in [0, 0.1) is 0 Å². The van der Waals surface area contributed by atoms with Crippen molar-refractivity contribution >= 4 is 11.3 Å². The van der Waals surface area contributed by atoms with E-state index in [1.165, 1.54) is 16.8 Å². The Labute approximate surface area is 125 Å². The van der Waals surface area contributed by atoms with Crippen molar-refractivity contribution in [3.05, 3.63) is 29.8 Å². The van der Waals surface area contributed by atoms with Crippen LogP contribution in [0.4, 0.5) is 5.69 Å². The third-order valence-electron chi connectivity index (χ3n) is 4.66. The summed E-state index contributed by atoms with van der Waals surface area (Å²) in [7, 11) is 0. The number of piperazine rings is 1. The Balaban J connectivity index is 1.71. The van der Waals surface area contributed by atoms with Gasteiger partial charge in [0.25, 0.3) is 0 Å². The Morgan fingerprint density at radius 3 is 3.14 bits per heavy atom. The molecule has 1 N–H and O–H groups in total. The molecule has 0 aromatic heterocycles. The van der Waals surface area contributed by atoms with Crippen molar-refractivity contribution in [3.8, 4) is 5.75 Å². The molecule has 0 bridgehead atoms. The molecule has 112 valence electrons. The van der Waals surface area contributed by atoms with Crippen LogP contribution in [-0.2, 0) is 4.74 Å². The largest absolute Gasteiger partial charge is 0.491 e. The summed E-state index contributed by atoms with van der Waals surface area (Å²) in [6.45, 7) is 5.55. The molecule has 3 aliphatic heterocycles. The van der Waals surface area contributed by atoms with Crippen LogP contribution in [0.3, 0.4) is 0 Å². The normalized spacial score (nSPS) is 25.2. The summed E-state index contributed by atoms with van der Waals surface area (Å²) < 4.78 is 11.4. The maximum atomic E-state index is 5.97. The first-order chi connectivity index (χ1) is 10.4. The van der Waals surface area contributed by atoms with E-state index in [4.69, 9.17) is 9.47 Å². The van der Waals surface area contributed by atoms with Gasteiger partial charge in [-0.25, -0.2) is 0 Å². The second-order valence-corrected chi connectivity index (χ2v) is 5.93. The van der Waals surface area contributed by atoms with Crippen molar-refractivity contribution in [1.82, 2.24) is 5.32 Å². The quantitative estimate of drug-likeness (QED) is 0.857. The topological polar surface area (TPSA) is 33.7 Å². The lowest BCUT2D eigenvalue weighted by atomic mass is 9.99. The number of nitrogens with one attached hydrogen (secondary N) is 1. The average molecular weight is 286 g/mol. The molecule has 1 atom stereocenters. The lowest BCUT2D eigenvalue weighted by Gasteiger charge is -2.36. The van der Waals surface area contributed by atoms with Crippen LogP contribution in [0.25, 0.3) is 5.57 Å². The van der Waals surface area contributed by atoms with Crippen molar-refractivity contribution in [1.29, 1.82) is 0 Å². The summed E-state index contributed by atoms with van der Waals surface area (Å²) in [4.78, 5) is 2.53. The predicted molar refractivity (Wildman–Crippen MR) is 84.0 cm³/mol. The average Bonchev–Trinajstić information content (AvgIpc) is 2.74. The molecule has 0 spiro atoms. The van der Waals surface area contributed by atoms with Crippen LogP contribution >= 0.6 is 0 Å². The van der Waals surface area contributed by atoms with Gasteiger partial charge in [-0.3, -0.25) is 0 Å². The monoisotopic (exact) mass is 286 g/mol. The third-order valence-corrected chi connectivity index (χ3v) is 4.66. The number of fused-ring (bicyclic) bond motifs is 3. The van der Waals surface area contributed by atoms with Crippen molar-refractivity contribution in [3.63, 3.8) is 0 Å². The molecule has 0 amide bonds. The van der Waals surface area contributed by atoms with Crippen LogP contribution in [0.2, 0.25) is 0 Å². The van der Waals surface area contributed by atoms with E-state index in [0.29, 0.717) is 6.04 Å². The first-order valence-corrected chi connectivity index (χ1v) is 7.93. The van der Waals surface area contributed by atoms with Crippen molar-refractivity contribution in [2.24, 2.45) is 0 Å². The summed E-state index contributed by atoms with van der Waals surface area (Å²) in [6, 6.07) is 7.21. The molecule has 4 heteroatoms. The molecule has 1 aromatic rings. The predicted octanol–water partition coefficient (Wildman–Crippen LogP) is 2.05. The van der Waals surface area contributed by atoms with E-state index >= 15 is 0 Å². The zero-order valence-corrected chi connectivity index (χ0v) is 12.3. The Morgan fingerprint density at radius 1 is 1.24 bits per heavy atom. The lowest BCUT2D eigenvalue weighted by Crippen LogP contribution is -2.51. The highest BCUT2D eigenvalue weighted by molar-refractivity contribution is 5.73. The van der Waals surface area contributed by atoms with E-state index in [0.717, 1.165) is 58.0 Å². The Kier molecular flexibility index (Phi) is 3.57. The number of nitrogens with zero attached hydrogens (tertiary/aromatic N) is 1. The molecule has 1 fully saturated rings. The van der Waals surface area contributed by atoms with Crippen LogP contribution in [-0.4, -0.2) is 45.5 Å². The highest BCUT2D eigenvalue weighted by atomic mass is 16.5. The minimum atomic E-state index is 0.555. The van der Waals surface area contributed by atoms with E-state index in [-0.39, 0.29) is 0 Å². The van der Waals surface area contributed by atoms with Crippen LogP contribution in [0.15, 0.2) is 24.3 Å². The molecule has 0 radical (unpaired) electrons. The van der Waals surface area contributed by atoms with E-state index in [9.17, 15) is 0 Å². The zero-order chi connectivity index (χ0) is 14.1. The molecule has 1 unspecified atom stereocenters. The van der Waals surface area contributed by atoms with Crippen molar-refractivity contribution in [2.75, 3.05) is 44.4 Å². The minimum Gasteiger partial charge on any atom is -0.491 e. The lowest BCUT2D eigenvalue weighted by molar-refractivity contribution is 0.161. The zero-order valence-electron chi connectivity index (χ0n) is 12.3. The number of anilines is 1. The number of hydrogen-bond acceptors (Lipinski definition) is 4. The summed E-state index contributed by atoms with van der Waals surface area (Å²) in [5, 5.41) is 3.50. The Morgan fingerprint density at radius 2 is 2.24 bits per heavy atom. The SMILES string of the molecule is C1=C(c2ccc3c(c2)N2CCNCC2CCO3)CCOC1. The van der Waals surface area contributed by atoms with Gasteiger partial charge in [-0.2, -0.15) is 0 Å². The third kappa shape index (κ3) is 2.54. The molecular weight excluding hydrogens is 264 g/mol. The van der Waals surface area contributed by atoms with Gasteiger partial charge in [-0.15, -0.1) is 0 Å². The van der Waals surface area contributed by atoms with E-state index in [1.54, 1.807) is 0 Å². The van der Waals surface area contributed by atoms with Gasteiger partial charge in [0.15, 0.2) is 0 Å². The van der Waals surface area contributed by atoms with Gasteiger partial charge >= 0.3 is 0 Å². The molecule has 3 aliphatic rings. The molecular formula is C17H22N2O2. The second kappa shape index (κ2) is 5.70. The second-order valence-electron chi connectivity index (χ2n) is 5.93. The molecule has 4 rings (SSSR count). The summed E-state index contributed by atoms with van der Waals surface area (Å²) in [5.41, 5.74) is 3.99. The van der Waals surface area contributed by atoms with Gasteiger partial charge in [0.2, 0.25) is 0 Å². The van der Waals surface area contributed by atoms with Gasteiger partial charge in [0.05, 0.1) is 25.5 Å². The molecule has 1 aromatic carbocycles. The van der Waals surface area contributed by atoms with Gasteiger partial charge in [-0.1, -0.05) is 12.1 Å². The molecule has 1 saturated heterocycles. The molecule has 0 saturated carbocycles. The van der Waals surface area contributed by atoms with Crippen molar-refractivity contribution < 1.29 is 9.47 Å². The standard InChI is InChI=1S/C17H22N2O2/c1-2-17-16(11-14(1)13-3-8-20-9-4-13)19-7-6-18-12-15(19)5-10-21-17/h1-3,11,15,18H,4-10,12H2. The van der Waals surface area contributed by atoms with E-state index < -0.39 is 0 Å². The van der Waals surface area contributed by atoms with Crippen LogP contribution < -0.4 is 15.0 Å². The Hall–Kier alpha value is -1.52. The van der Waals surface area contributed by atoms with Crippen LogP contribution in [0.1, 0.15) is 18.4 Å². The van der Waals surface area contributed by atoms with Gasteiger partial charge in [-0.05, 0) is 29.7 Å². The minimum absolute atomic E-state index is 0.555. The number of ether oxygens (including phenoxy) is 2. The number of benzene rings is 1. The Bertz CT molecular complexity index is 556. The summed E-state index contributed by atoms with van der Waals surface area (Å²) in [6.07, 6.45) is 4.30.